The molecule has 3 saturated carbocycles. The van der Waals surface area contributed by atoms with Gasteiger partial charge in [0.25, 0.3) is 0 Å². The summed E-state index contributed by atoms with van der Waals surface area (Å²) in [7, 11) is 0. The van der Waals surface area contributed by atoms with Crippen LogP contribution in [0.3, 0.4) is 0 Å². The fraction of sp³-hybridized carbons (Fsp3) is 0.308. The standard InChI is InChI=1S/C52H51N/c1-52(2)49-23-12-11-22-45(49)48-33-47(37-16-7-4-8-17-37)51(34-50(48)52)53(41-28-26-38(27-29-41)46-31-35-24-25-40(46)30-35)42-19-13-18-39(32-42)44-21-10-9-20-43(44)36-14-5-3-6-15-36/h4,7-13,16-23,26-29,32-36,40,46H,3,5-6,14-15,24-25,30-31H2,1-2H3. The van der Waals surface area contributed by atoms with E-state index in [1.54, 1.807) is 0 Å². The van der Waals surface area contributed by atoms with E-state index < -0.39 is 0 Å². The van der Waals surface area contributed by atoms with Crippen LogP contribution in [0.5, 0.6) is 0 Å². The lowest BCUT2D eigenvalue weighted by Gasteiger charge is -2.31. The Balaban J connectivity index is 1.16. The first kappa shape index (κ1) is 32.7. The molecule has 0 radical (unpaired) electrons. The van der Waals surface area contributed by atoms with Crippen LogP contribution in [0.25, 0.3) is 33.4 Å². The molecular formula is C52H51N. The fourth-order valence-corrected chi connectivity index (χ4v) is 11.1. The third-order valence-electron chi connectivity index (χ3n) is 13.8. The molecule has 53 heavy (non-hydrogen) atoms. The van der Waals surface area contributed by atoms with Crippen LogP contribution in [0.4, 0.5) is 17.1 Å². The molecule has 0 aromatic heterocycles. The summed E-state index contributed by atoms with van der Waals surface area (Å²) in [6.07, 6.45) is 12.3. The average molecular weight is 690 g/mol. The van der Waals surface area contributed by atoms with Crippen molar-refractivity contribution < 1.29 is 0 Å². The smallest absolute Gasteiger partial charge is 0.0543 e. The van der Waals surface area contributed by atoms with E-state index in [1.165, 1.54) is 130 Å². The SMILES string of the molecule is CC1(C)c2ccccc2-c2cc(-c3ccccc3)c(N(c3ccc(C4CC5CCC4C5)cc3)c3cccc(-c4ccccc4C4CCCCC4)c3)cc21. The van der Waals surface area contributed by atoms with Crippen molar-refractivity contribution in [1.82, 2.24) is 0 Å². The fourth-order valence-electron chi connectivity index (χ4n) is 11.1. The maximum atomic E-state index is 2.57. The van der Waals surface area contributed by atoms with Crippen molar-refractivity contribution in [2.75, 3.05) is 4.90 Å². The molecule has 0 spiro atoms. The van der Waals surface area contributed by atoms with E-state index in [-0.39, 0.29) is 5.41 Å². The third-order valence-corrected chi connectivity index (χ3v) is 13.8. The summed E-state index contributed by atoms with van der Waals surface area (Å²) in [4.78, 5) is 2.57. The molecule has 6 aromatic rings. The molecule has 3 fully saturated rings. The van der Waals surface area contributed by atoms with Gasteiger partial charge in [-0.3, -0.25) is 0 Å². The van der Waals surface area contributed by atoms with E-state index in [0.29, 0.717) is 5.92 Å². The van der Waals surface area contributed by atoms with Gasteiger partial charge in [-0.15, -0.1) is 0 Å². The Kier molecular flexibility index (Phi) is 8.16. The quantitative estimate of drug-likeness (QED) is 0.161. The second-order valence-electron chi connectivity index (χ2n) is 17.1. The second-order valence-corrected chi connectivity index (χ2v) is 17.1. The molecule has 6 aromatic carbocycles. The van der Waals surface area contributed by atoms with Crippen LogP contribution in [0, 0.1) is 11.8 Å². The molecule has 10 rings (SSSR count). The Morgan fingerprint density at radius 2 is 1.25 bits per heavy atom. The number of rotatable bonds is 7. The lowest BCUT2D eigenvalue weighted by molar-refractivity contribution is 0.420. The summed E-state index contributed by atoms with van der Waals surface area (Å²) in [6.45, 7) is 4.81. The molecule has 3 atom stereocenters. The van der Waals surface area contributed by atoms with Gasteiger partial charge in [0.1, 0.15) is 0 Å². The van der Waals surface area contributed by atoms with E-state index in [0.717, 1.165) is 17.8 Å². The topological polar surface area (TPSA) is 3.24 Å². The van der Waals surface area contributed by atoms with Crippen molar-refractivity contribution in [3.8, 4) is 33.4 Å². The Labute approximate surface area is 316 Å². The summed E-state index contributed by atoms with van der Waals surface area (Å²) in [6, 6.07) is 53.6. The molecule has 0 aliphatic heterocycles. The Hall–Kier alpha value is -4.88. The summed E-state index contributed by atoms with van der Waals surface area (Å²) in [5.74, 6) is 3.17. The third kappa shape index (κ3) is 5.67. The van der Waals surface area contributed by atoms with Gasteiger partial charge in [0.15, 0.2) is 0 Å². The van der Waals surface area contributed by atoms with Gasteiger partial charge in [0.2, 0.25) is 0 Å². The van der Waals surface area contributed by atoms with Crippen LogP contribution in [0.2, 0.25) is 0 Å². The number of nitrogens with zero attached hydrogens (tertiary/aromatic N) is 1. The number of anilines is 3. The number of hydrogen-bond donors (Lipinski definition) is 0. The Bertz CT molecular complexity index is 2270. The zero-order valence-corrected chi connectivity index (χ0v) is 31.4. The van der Waals surface area contributed by atoms with Gasteiger partial charge in [0, 0.05) is 22.4 Å². The first-order chi connectivity index (χ1) is 26.0. The van der Waals surface area contributed by atoms with Gasteiger partial charge < -0.3 is 4.90 Å². The summed E-state index contributed by atoms with van der Waals surface area (Å²) in [5, 5.41) is 0. The highest BCUT2D eigenvalue weighted by molar-refractivity contribution is 5.95. The van der Waals surface area contributed by atoms with E-state index in [2.05, 4.69) is 158 Å². The summed E-state index contributed by atoms with van der Waals surface area (Å²) < 4.78 is 0. The highest BCUT2D eigenvalue weighted by Crippen LogP contribution is 2.55. The van der Waals surface area contributed by atoms with Gasteiger partial charge >= 0.3 is 0 Å². The normalized spacial score (nSPS) is 21.4. The van der Waals surface area contributed by atoms with Gasteiger partial charge in [0.05, 0.1) is 5.69 Å². The molecule has 3 unspecified atom stereocenters. The van der Waals surface area contributed by atoms with Crippen LogP contribution >= 0.6 is 0 Å². The summed E-state index contributed by atoms with van der Waals surface area (Å²) >= 11 is 0. The highest BCUT2D eigenvalue weighted by atomic mass is 15.1. The largest absolute Gasteiger partial charge is 0.310 e. The first-order valence-electron chi connectivity index (χ1n) is 20.5. The Morgan fingerprint density at radius 3 is 2.02 bits per heavy atom. The zero-order valence-electron chi connectivity index (χ0n) is 31.4. The van der Waals surface area contributed by atoms with Gasteiger partial charge in [-0.2, -0.15) is 0 Å². The number of hydrogen-bond acceptors (Lipinski definition) is 1. The minimum absolute atomic E-state index is 0.103. The van der Waals surface area contributed by atoms with Crippen LogP contribution in [0.1, 0.15) is 106 Å². The van der Waals surface area contributed by atoms with Crippen LogP contribution in [0.15, 0.2) is 140 Å². The van der Waals surface area contributed by atoms with Crippen molar-refractivity contribution in [3.05, 3.63) is 162 Å². The minimum atomic E-state index is -0.103. The van der Waals surface area contributed by atoms with Crippen molar-refractivity contribution >= 4 is 17.1 Å². The van der Waals surface area contributed by atoms with Gasteiger partial charge in [-0.05, 0) is 142 Å². The van der Waals surface area contributed by atoms with Crippen molar-refractivity contribution in [2.24, 2.45) is 11.8 Å². The van der Waals surface area contributed by atoms with Crippen LogP contribution in [-0.4, -0.2) is 0 Å². The molecule has 0 N–H and O–H groups in total. The van der Waals surface area contributed by atoms with Crippen LogP contribution < -0.4 is 4.90 Å². The Morgan fingerprint density at radius 1 is 0.509 bits per heavy atom. The molecule has 1 nitrogen and oxygen atoms in total. The predicted molar refractivity (Wildman–Crippen MR) is 224 cm³/mol. The summed E-state index contributed by atoms with van der Waals surface area (Å²) in [5.41, 5.74) is 17.4. The first-order valence-corrected chi connectivity index (χ1v) is 20.5. The number of benzene rings is 6. The highest BCUT2D eigenvalue weighted by Gasteiger charge is 2.40. The van der Waals surface area contributed by atoms with Gasteiger partial charge in [-0.25, -0.2) is 0 Å². The maximum Gasteiger partial charge on any atom is 0.0543 e. The van der Waals surface area contributed by atoms with E-state index in [9.17, 15) is 0 Å². The van der Waals surface area contributed by atoms with Gasteiger partial charge in [-0.1, -0.05) is 143 Å². The van der Waals surface area contributed by atoms with E-state index in [1.807, 2.05) is 0 Å². The predicted octanol–water partition coefficient (Wildman–Crippen LogP) is 14.7. The molecule has 1 heteroatoms. The van der Waals surface area contributed by atoms with E-state index in [4.69, 9.17) is 0 Å². The monoisotopic (exact) mass is 689 g/mol. The molecular weight excluding hydrogens is 639 g/mol. The molecule has 4 aliphatic carbocycles. The van der Waals surface area contributed by atoms with Crippen molar-refractivity contribution in [1.29, 1.82) is 0 Å². The molecule has 0 amide bonds. The molecule has 0 saturated heterocycles. The molecule has 4 aliphatic rings. The zero-order chi connectivity index (χ0) is 35.5. The molecule has 264 valence electrons. The molecule has 2 bridgehead atoms. The minimum Gasteiger partial charge on any atom is -0.310 e. The molecule has 0 heterocycles. The second kappa shape index (κ2) is 13.2. The van der Waals surface area contributed by atoms with Crippen molar-refractivity contribution in [3.63, 3.8) is 0 Å². The lowest BCUT2D eigenvalue weighted by Crippen LogP contribution is -2.17. The van der Waals surface area contributed by atoms with E-state index >= 15 is 0 Å². The van der Waals surface area contributed by atoms with Crippen LogP contribution in [-0.2, 0) is 5.41 Å². The average Bonchev–Trinajstić information content (AvgIpc) is 3.92. The number of fused-ring (bicyclic) bond motifs is 5. The van der Waals surface area contributed by atoms with Crippen molar-refractivity contribution in [2.45, 2.75) is 88.9 Å². The lowest BCUT2D eigenvalue weighted by atomic mass is 9.81. The maximum absolute atomic E-state index is 2.57.